The molecule has 0 aliphatic rings. The van der Waals surface area contributed by atoms with E-state index in [-0.39, 0.29) is 11.8 Å². The molecular formula is C15H20O3S. The second kappa shape index (κ2) is 8.75. The minimum Gasteiger partial charge on any atom is -0.465 e. The van der Waals surface area contributed by atoms with E-state index in [0.717, 1.165) is 11.3 Å². The lowest BCUT2D eigenvalue weighted by Gasteiger charge is -2.13. The summed E-state index contributed by atoms with van der Waals surface area (Å²) >= 11 is 1.46. The standard InChI is InChI=1S/C15H20O3S/c1-3-8-13(15(17)18-4-2)14(16)11-19-12-9-6-5-7-10-12/h5-7,9-10,13H,3-4,8,11H2,1-2H3. The summed E-state index contributed by atoms with van der Waals surface area (Å²) in [6.45, 7) is 4.03. The summed E-state index contributed by atoms with van der Waals surface area (Å²) in [7, 11) is 0. The van der Waals surface area contributed by atoms with Gasteiger partial charge in [-0.1, -0.05) is 31.5 Å². The zero-order valence-electron chi connectivity index (χ0n) is 11.4. The summed E-state index contributed by atoms with van der Waals surface area (Å²) in [5.74, 6) is -0.730. The third kappa shape index (κ3) is 5.47. The number of ether oxygens (including phenoxy) is 1. The lowest BCUT2D eigenvalue weighted by atomic mass is 10.00. The fourth-order valence-corrected chi connectivity index (χ4v) is 2.57. The van der Waals surface area contributed by atoms with E-state index in [9.17, 15) is 9.59 Å². The highest BCUT2D eigenvalue weighted by molar-refractivity contribution is 8.00. The molecule has 1 rings (SSSR count). The molecule has 0 saturated heterocycles. The number of thioether (sulfide) groups is 1. The second-order valence-corrected chi connectivity index (χ2v) is 5.21. The van der Waals surface area contributed by atoms with Crippen molar-refractivity contribution in [2.24, 2.45) is 5.92 Å². The Hall–Kier alpha value is -1.29. The van der Waals surface area contributed by atoms with Gasteiger partial charge in [-0.05, 0) is 25.5 Å². The van der Waals surface area contributed by atoms with Crippen molar-refractivity contribution in [1.29, 1.82) is 0 Å². The van der Waals surface area contributed by atoms with E-state index in [1.54, 1.807) is 6.92 Å². The summed E-state index contributed by atoms with van der Waals surface area (Å²) < 4.78 is 4.96. The molecule has 1 aromatic carbocycles. The van der Waals surface area contributed by atoms with Crippen molar-refractivity contribution in [3.63, 3.8) is 0 Å². The number of hydrogen-bond donors (Lipinski definition) is 0. The van der Waals surface area contributed by atoms with Crippen LogP contribution in [0.3, 0.4) is 0 Å². The van der Waals surface area contributed by atoms with Crippen molar-refractivity contribution < 1.29 is 14.3 Å². The van der Waals surface area contributed by atoms with Gasteiger partial charge in [-0.25, -0.2) is 0 Å². The highest BCUT2D eigenvalue weighted by Gasteiger charge is 2.26. The molecular weight excluding hydrogens is 260 g/mol. The third-order valence-corrected chi connectivity index (χ3v) is 3.70. The number of Topliss-reactive ketones (excluding diaryl/α,β-unsaturated/α-hetero) is 1. The monoisotopic (exact) mass is 280 g/mol. The normalized spacial score (nSPS) is 11.9. The molecule has 0 heterocycles. The number of ketones is 1. The van der Waals surface area contributed by atoms with Gasteiger partial charge in [0.2, 0.25) is 0 Å². The van der Waals surface area contributed by atoms with Crippen molar-refractivity contribution in [3.8, 4) is 0 Å². The van der Waals surface area contributed by atoms with Crippen LogP contribution in [0.5, 0.6) is 0 Å². The first-order valence-corrected chi connectivity index (χ1v) is 7.54. The van der Waals surface area contributed by atoms with Crippen LogP contribution in [0.15, 0.2) is 35.2 Å². The molecule has 1 aromatic rings. The minimum absolute atomic E-state index is 0.0471. The molecule has 0 bridgehead atoms. The molecule has 0 fully saturated rings. The van der Waals surface area contributed by atoms with Gasteiger partial charge in [0.05, 0.1) is 12.4 Å². The lowest BCUT2D eigenvalue weighted by Crippen LogP contribution is -2.27. The fraction of sp³-hybridized carbons (Fsp3) is 0.467. The first kappa shape index (κ1) is 15.8. The van der Waals surface area contributed by atoms with E-state index in [2.05, 4.69) is 0 Å². The van der Waals surface area contributed by atoms with Crippen molar-refractivity contribution in [1.82, 2.24) is 0 Å². The fourth-order valence-electron chi connectivity index (χ4n) is 1.71. The maximum Gasteiger partial charge on any atom is 0.316 e. The van der Waals surface area contributed by atoms with Crippen LogP contribution in [0.2, 0.25) is 0 Å². The Bertz CT molecular complexity index is 403. The van der Waals surface area contributed by atoms with Crippen LogP contribution in [-0.2, 0) is 14.3 Å². The van der Waals surface area contributed by atoms with Crippen LogP contribution in [0.1, 0.15) is 26.7 Å². The number of rotatable bonds is 8. The second-order valence-electron chi connectivity index (χ2n) is 4.16. The van der Waals surface area contributed by atoms with E-state index in [4.69, 9.17) is 4.74 Å². The lowest BCUT2D eigenvalue weighted by molar-refractivity contribution is -0.151. The molecule has 0 saturated carbocycles. The summed E-state index contributed by atoms with van der Waals surface area (Å²) in [6.07, 6.45) is 1.36. The van der Waals surface area contributed by atoms with E-state index in [0.29, 0.717) is 18.8 Å². The molecule has 4 heteroatoms. The Balaban J connectivity index is 2.54. The van der Waals surface area contributed by atoms with Crippen LogP contribution < -0.4 is 0 Å². The molecule has 0 amide bonds. The Morgan fingerprint density at radius 3 is 2.47 bits per heavy atom. The van der Waals surface area contributed by atoms with Gasteiger partial charge in [-0.15, -0.1) is 11.8 Å². The molecule has 0 aromatic heterocycles. The van der Waals surface area contributed by atoms with Gasteiger partial charge in [-0.3, -0.25) is 9.59 Å². The van der Waals surface area contributed by atoms with Gasteiger partial charge in [0, 0.05) is 4.90 Å². The van der Waals surface area contributed by atoms with Crippen LogP contribution in [-0.4, -0.2) is 24.1 Å². The van der Waals surface area contributed by atoms with E-state index in [1.807, 2.05) is 37.3 Å². The van der Waals surface area contributed by atoms with Crippen molar-refractivity contribution >= 4 is 23.5 Å². The molecule has 0 N–H and O–H groups in total. The van der Waals surface area contributed by atoms with E-state index < -0.39 is 5.92 Å². The number of benzene rings is 1. The zero-order chi connectivity index (χ0) is 14.1. The average molecular weight is 280 g/mol. The highest BCUT2D eigenvalue weighted by atomic mass is 32.2. The topological polar surface area (TPSA) is 43.4 Å². The Morgan fingerprint density at radius 2 is 1.89 bits per heavy atom. The zero-order valence-corrected chi connectivity index (χ0v) is 12.2. The molecule has 19 heavy (non-hydrogen) atoms. The van der Waals surface area contributed by atoms with Gasteiger partial charge in [0.1, 0.15) is 5.92 Å². The first-order chi connectivity index (χ1) is 9.19. The number of hydrogen-bond acceptors (Lipinski definition) is 4. The molecule has 0 aliphatic heterocycles. The Labute approximate surface area is 118 Å². The van der Waals surface area contributed by atoms with Gasteiger partial charge in [0.25, 0.3) is 0 Å². The maximum atomic E-state index is 12.1. The van der Waals surface area contributed by atoms with Crippen molar-refractivity contribution in [3.05, 3.63) is 30.3 Å². The van der Waals surface area contributed by atoms with E-state index in [1.165, 1.54) is 11.8 Å². The number of carbonyl (C=O) groups is 2. The van der Waals surface area contributed by atoms with Gasteiger partial charge in [-0.2, -0.15) is 0 Å². The summed E-state index contributed by atoms with van der Waals surface area (Å²) in [5, 5.41) is 0. The Kier molecular flexibility index (Phi) is 7.26. The largest absolute Gasteiger partial charge is 0.465 e. The minimum atomic E-state index is -0.610. The quantitative estimate of drug-likeness (QED) is 0.416. The van der Waals surface area contributed by atoms with Crippen LogP contribution >= 0.6 is 11.8 Å². The molecule has 104 valence electrons. The Morgan fingerprint density at radius 1 is 1.21 bits per heavy atom. The van der Waals surface area contributed by atoms with Crippen molar-refractivity contribution in [2.75, 3.05) is 12.4 Å². The van der Waals surface area contributed by atoms with Crippen LogP contribution in [0.25, 0.3) is 0 Å². The predicted octanol–water partition coefficient (Wildman–Crippen LogP) is 3.33. The summed E-state index contributed by atoms with van der Waals surface area (Å²) in [5.41, 5.74) is 0. The van der Waals surface area contributed by atoms with Gasteiger partial charge >= 0.3 is 5.97 Å². The molecule has 1 atom stereocenters. The highest BCUT2D eigenvalue weighted by Crippen LogP contribution is 2.20. The van der Waals surface area contributed by atoms with Gasteiger partial charge in [0.15, 0.2) is 5.78 Å². The van der Waals surface area contributed by atoms with Crippen molar-refractivity contribution in [2.45, 2.75) is 31.6 Å². The summed E-state index contributed by atoms with van der Waals surface area (Å²) in [4.78, 5) is 24.9. The van der Waals surface area contributed by atoms with Crippen LogP contribution in [0, 0.1) is 5.92 Å². The first-order valence-electron chi connectivity index (χ1n) is 6.56. The SMILES string of the molecule is CCCC(C(=O)CSc1ccccc1)C(=O)OCC. The molecule has 1 unspecified atom stereocenters. The average Bonchev–Trinajstić information content (AvgIpc) is 2.43. The molecule has 0 spiro atoms. The molecule has 0 radical (unpaired) electrons. The smallest absolute Gasteiger partial charge is 0.316 e. The molecule has 0 aliphatic carbocycles. The van der Waals surface area contributed by atoms with E-state index >= 15 is 0 Å². The maximum absolute atomic E-state index is 12.1. The van der Waals surface area contributed by atoms with Gasteiger partial charge < -0.3 is 4.74 Å². The summed E-state index contributed by atoms with van der Waals surface area (Å²) in [6, 6.07) is 9.71. The predicted molar refractivity (Wildman–Crippen MR) is 77.2 cm³/mol. The molecule has 3 nitrogen and oxygen atoms in total. The number of carbonyl (C=O) groups excluding carboxylic acids is 2. The number of esters is 1. The third-order valence-electron chi connectivity index (χ3n) is 2.66. The van der Waals surface area contributed by atoms with Crippen LogP contribution in [0.4, 0.5) is 0 Å².